The summed E-state index contributed by atoms with van der Waals surface area (Å²) in [6.45, 7) is 5.72. The van der Waals surface area contributed by atoms with Gasteiger partial charge in [0.05, 0.1) is 29.3 Å². The number of halogens is 1. The van der Waals surface area contributed by atoms with Gasteiger partial charge in [0.1, 0.15) is 17.3 Å². The average Bonchev–Trinajstić information content (AvgIpc) is 3.37. The topological polar surface area (TPSA) is 99.5 Å². The van der Waals surface area contributed by atoms with Crippen LogP contribution >= 0.6 is 15.9 Å². The van der Waals surface area contributed by atoms with Crippen LogP contribution in [-0.4, -0.2) is 48.3 Å². The number of amides is 1. The Bertz CT molecular complexity index is 1320. The third-order valence-electron chi connectivity index (χ3n) is 5.57. The van der Waals surface area contributed by atoms with Crippen molar-refractivity contribution in [3.63, 3.8) is 0 Å². The van der Waals surface area contributed by atoms with Crippen LogP contribution in [0.5, 0.6) is 11.5 Å². The largest absolute Gasteiger partial charge is 0.491 e. The Labute approximate surface area is 213 Å². The Balaban J connectivity index is 1.57. The van der Waals surface area contributed by atoms with E-state index in [0.717, 1.165) is 21.3 Å². The predicted octanol–water partition coefficient (Wildman–Crippen LogP) is 4.79. The number of aromatic nitrogens is 2. The van der Waals surface area contributed by atoms with Crippen LogP contribution in [0.15, 0.2) is 53.0 Å². The normalized spacial score (nSPS) is 16.9. The number of sulfone groups is 1. The van der Waals surface area contributed by atoms with Crippen molar-refractivity contribution in [1.82, 2.24) is 9.78 Å². The third kappa shape index (κ3) is 6.43. The highest BCUT2D eigenvalue weighted by atomic mass is 79.9. The highest BCUT2D eigenvalue weighted by Gasteiger charge is 2.32. The second kappa shape index (κ2) is 10.4. The van der Waals surface area contributed by atoms with Gasteiger partial charge in [-0.15, -0.1) is 0 Å². The molecule has 0 radical (unpaired) electrons. The molecule has 35 heavy (non-hydrogen) atoms. The Morgan fingerprint density at radius 3 is 2.57 bits per heavy atom. The molecule has 1 N–H and O–H groups in total. The molecule has 0 bridgehead atoms. The fraction of sp³-hybridized carbons (Fsp3) is 0.360. The van der Waals surface area contributed by atoms with Crippen molar-refractivity contribution in [2.75, 3.05) is 23.4 Å². The highest BCUT2D eigenvalue weighted by Crippen LogP contribution is 2.32. The molecule has 1 aliphatic heterocycles. The number of rotatable bonds is 8. The molecule has 0 aliphatic carbocycles. The van der Waals surface area contributed by atoms with Crippen LogP contribution in [0.3, 0.4) is 0 Å². The molecule has 186 valence electrons. The lowest BCUT2D eigenvalue weighted by Gasteiger charge is -2.14. The molecule has 0 unspecified atom stereocenters. The highest BCUT2D eigenvalue weighted by molar-refractivity contribution is 9.10. The first kappa shape index (κ1) is 25.2. The van der Waals surface area contributed by atoms with Gasteiger partial charge in [-0.05, 0) is 75.2 Å². The molecule has 4 rings (SSSR count). The van der Waals surface area contributed by atoms with Gasteiger partial charge in [-0.25, -0.2) is 13.1 Å². The first-order valence-electron chi connectivity index (χ1n) is 11.4. The lowest BCUT2D eigenvalue weighted by atomic mass is 10.1. The Kier molecular flexibility index (Phi) is 7.51. The molecule has 10 heteroatoms. The number of nitrogens with one attached hydrogen (secondary N) is 1. The number of hydrogen-bond donors (Lipinski definition) is 1. The van der Waals surface area contributed by atoms with E-state index in [0.29, 0.717) is 23.7 Å². The van der Waals surface area contributed by atoms with E-state index in [9.17, 15) is 13.2 Å². The van der Waals surface area contributed by atoms with Crippen LogP contribution < -0.4 is 14.8 Å². The fourth-order valence-electron chi connectivity index (χ4n) is 3.93. The number of hydrogen-bond acceptors (Lipinski definition) is 6. The molecule has 1 saturated heterocycles. The van der Waals surface area contributed by atoms with Crippen molar-refractivity contribution in [2.45, 2.75) is 39.3 Å². The van der Waals surface area contributed by atoms with E-state index in [4.69, 9.17) is 14.6 Å². The Hall–Kier alpha value is -2.85. The Morgan fingerprint density at radius 2 is 1.94 bits per heavy atom. The molecule has 3 aromatic rings. The maximum atomic E-state index is 12.7. The van der Waals surface area contributed by atoms with Gasteiger partial charge in [-0.2, -0.15) is 5.10 Å². The Morgan fingerprint density at radius 1 is 1.20 bits per heavy atom. The minimum Gasteiger partial charge on any atom is -0.491 e. The van der Waals surface area contributed by atoms with Crippen molar-refractivity contribution in [3.8, 4) is 22.8 Å². The molecular formula is C25H28BrN3O5S. The second-order valence-electron chi connectivity index (χ2n) is 8.85. The van der Waals surface area contributed by atoms with Crippen molar-refractivity contribution in [3.05, 3.63) is 58.6 Å². The number of anilines is 1. The van der Waals surface area contributed by atoms with Gasteiger partial charge in [0.25, 0.3) is 5.91 Å². The molecule has 1 atom stereocenters. The van der Waals surface area contributed by atoms with Gasteiger partial charge < -0.3 is 14.8 Å². The van der Waals surface area contributed by atoms with Crippen LogP contribution in [-0.2, 0) is 14.6 Å². The van der Waals surface area contributed by atoms with E-state index < -0.39 is 9.84 Å². The molecular weight excluding hydrogens is 534 g/mol. The van der Waals surface area contributed by atoms with Gasteiger partial charge in [-0.3, -0.25) is 4.79 Å². The van der Waals surface area contributed by atoms with E-state index in [1.807, 2.05) is 51.1 Å². The van der Waals surface area contributed by atoms with Crippen molar-refractivity contribution in [2.24, 2.45) is 0 Å². The zero-order valence-electron chi connectivity index (χ0n) is 19.8. The summed E-state index contributed by atoms with van der Waals surface area (Å²) in [4.78, 5) is 12.7. The summed E-state index contributed by atoms with van der Waals surface area (Å²) < 4.78 is 38.2. The molecule has 0 saturated carbocycles. The standard InChI is InChI=1S/C25H28BrN3O5S/c1-16(2)34-23-9-4-18(12-17(23)3)22-13-24(29(28-22)20-10-11-35(31,32)15-20)27-25(30)14-33-21-7-5-19(26)6-8-21/h4-9,12-13,16,20H,10-11,14-15H2,1-3H3,(H,27,30)/t20-/m1/s1. The summed E-state index contributed by atoms with van der Waals surface area (Å²) in [5.41, 5.74) is 2.44. The number of aryl methyl sites for hydroxylation is 1. The summed E-state index contributed by atoms with van der Waals surface area (Å²) in [5, 5.41) is 7.54. The maximum absolute atomic E-state index is 12.7. The minimum absolute atomic E-state index is 0.00736. The average molecular weight is 562 g/mol. The van der Waals surface area contributed by atoms with E-state index in [1.165, 1.54) is 0 Å². The minimum atomic E-state index is -3.14. The zero-order chi connectivity index (χ0) is 25.2. The lowest BCUT2D eigenvalue weighted by molar-refractivity contribution is -0.118. The van der Waals surface area contributed by atoms with Crippen molar-refractivity contribution >= 4 is 37.5 Å². The van der Waals surface area contributed by atoms with Crippen molar-refractivity contribution < 1.29 is 22.7 Å². The molecule has 0 spiro atoms. The SMILES string of the molecule is Cc1cc(-c2cc(NC(=O)COc3ccc(Br)cc3)n([C@@H]3CCS(=O)(=O)C3)n2)ccc1OC(C)C. The molecule has 8 nitrogen and oxygen atoms in total. The smallest absolute Gasteiger partial charge is 0.263 e. The number of nitrogens with zero attached hydrogens (tertiary/aromatic N) is 2. The van der Waals surface area contributed by atoms with Gasteiger partial charge in [0, 0.05) is 16.1 Å². The number of benzene rings is 2. The molecule has 1 aliphatic rings. The first-order chi connectivity index (χ1) is 16.6. The van der Waals surface area contributed by atoms with Crippen molar-refractivity contribution in [1.29, 1.82) is 0 Å². The van der Waals surface area contributed by atoms with E-state index in [-0.39, 0.29) is 36.2 Å². The summed E-state index contributed by atoms with van der Waals surface area (Å²) in [7, 11) is -3.14. The van der Waals surface area contributed by atoms with Crippen LogP contribution in [0.4, 0.5) is 5.82 Å². The number of carbonyl (C=O) groups excluding carboxylic acids is 1. The van der Waals surface area contributed by atoms with Gasteiger partial charge in [-0.1, -0.05) is 15.9 Å². The maximum Gasteiger partial charge on any atom is 0.263 e. The van der Waals surface area contributed by atoms with E-state index in [1.54, 1.807) is 22.9 Å². The fourth-order valence-corrected chi connectivity index (χ4v) is 5.89. The molecule has 1 fully saturated rings. The van der Waals surface area contributed by atoms with Crippen LogP contribution in [0.2, 0.25) is 0 Å². The van der Waals surface area contributed by atoms with Crippen LogP contribution in [0.25, 0.3) is 11.3 Å². The summed E-state index contributed by atoms with van der Waals surface area (Å²) in [6, 6.07) is 14.4. The molecule has 2 heterocycles. The zero-order valence-corrected chi connectivity index (χ0v) is 22.2. The van der Waals surface area contributed by atoms with E-state index in [2.05, 4.69) is 21.2 Å². The quantitative estimate of drug-likeness (QED) is 0.424. The van der Waals surface area contributed by atoms with Gasteiger partial charge >= 0.3 is 0 Å². The first-order valence-corrected chi connectivity index (χ1v) is 14.0. The monoisotopic (exact) mass is 561 g/mol. The summed E-state index contributed by atoms with van der Waals surface area (Å²) in [5.74, 6) is 1.53. The molecule has 2 aromatic carbocycles. The lowest BCUT2D eigenvalue weighted by Crippen LogP contribution is -2.23. The number of carbonyl (C=O) groups is 1. The second-order valence-corrected chi connectivity index (χ2v) is 12.0. The van der Waals surface area contributed by atoms with Gasteiger partial charge in [0.2, 0.25) is 0 Å². The van der Waals surface area contributed by atoms with Gasteiger partial charge in [0.15, 0.2) is 16.4 Å². The van der Waals surface area contributed by atoms with Crippen LogP contribution in [0.1, 0.15) is 31.9 Å². The van der Waals surface area contributed by atoms with E-state index >= 15 is 0 Å². The summed E-state index contributed by atoms with van der Waals surface area (Å²) in [6.07, 6.45) is 0.506. The molecule has 1 aromatic heterocycles. The predicted molar refractivity (Wildman–Crippen MR) is 139 cm³/mol. The third-order valence-corrected chi connectivity index (χ3v) is 7.85. The van der Waals surface area contributed by atoms with Crippen LogP contribution in [0, 0.1) is 6.92 Å². The number of ether oxygens (including phenoxy) is 2. The molecule has 1 amide bonds. The summed E-state index contributed by atoms with van der Waals surface area (Å²) >= 11 is 3.36.